The summed E-state index contributed by atoms with van der Waals surface area (Å²) >= 11 is 0. The molecule has 5 nitrogen and oxygen atoms in total. The zero-order valence-electron chi connectivity index (χ0n) is 13.1. The maximum atomic E-state index is 12.3. The van der Waals surface area contributed by atoms with Crippen LogP contribution in [0.4, 0.5) is 5.69 Å². The number of fused-ring (bicyclic) bond motifs is 1. The number of hydrogen-bond acceptors (Lipinski definition) is 4. The number of nitrogens with one attached hydrogen (secondary N) is 2. The maximum Gasteiger partial charge on any atom is 0.228 e. The lowest BCUT2D eigenvalue weighted by Gasteiger charge is -2.11. The topological polar surface area (TPSA) is 59.6 Å². The fourth-order valence-electron chi connectivity index (χ4n) is 2.62. The minimum absolute atomic E-state index is 0.0723. The standard InChI is InChI=1S/C18H20N2O3/c1-22-16-5-3-2-4-13(16)11-18(21)20-15-6-7-17-14(10-15)12-19-8-9-23-17/h2-7,10,19H,8-9,11-12H2,1H3,(H,20,21). The van der Waals surface area contributed by atoms with Crippen LogP contribution in [0.1, 0.15) is 11.1 Å². The second-order valence-electron chi connectivity index (χ2n) is 5.38. The van der Waals surface area contributed by atoms with Gasteiger partial charge in [0.15, 0.2) is 0 Å². The Morgan fingerprint density at radius 3 is 3.04 bits per heavy atom. The lowest BCUT2D eigenvalue weighted by atomic mass is 10.1. The highest BCUT2D eigenvalue weighted by Gasteiger charge is 2.12. The molecule has 0 spiro atoms. The molecule has 0 saturated heterocycles. The highest BCUT2D eigenvalue weighted by atomic mass is 16.5. The van der Waals surface area contributed by atoms with Gasteiger partial charge in [-0.25, -0.2) is 0 Å². The van der Waals surface area contributed by atoms with Gasteiger partial charge in [-0.3, -0.25) is 4.79 Å². The van der Waals surface area contributed by atoms with Crippen molar-refractivity contribution in [3.63, 3.8) is 0 Å². The van der Waals surface area contributed by atoms with Crippen molar-refractivity contribution in [2.24, 2.45) is 0 Å². The van der Waals surface area contributed by atoms with Crippen LogP contribution in [-0.4, -0.2) is 26.2 Å². The first kappa shape index (κ1) is 15.4. The summed E-state index contributed by atoms with van der Waals surface area (Å²) in [7, 11) is 1.61. The molecular weight excluding hydrogens is 292 g/mol. The van der Waals surface area contributed by atoms with E-state index in [-0.39, 0.29) is 12.3 Å². The molecule has 0 unspecified atom stereocenters. The Labute approximate surface area is 135 Å². The highest BCUT2D eigenvalue weighted by Crippen LogP contribution is 2.24. The molecule has 1 aliphatic rings. The molecule has 0 aromatic heterocycles. The molecule has 0 aliphatic carbocycles. The average molecular weight is 312 g/mol. The largest absolute Gasteiger partial charge is 0.496 e. The molecule has 1 amide bonds. The second kappa shape index (κ2) is 7.15. The number of anilines is 1. The summed E-state index contributed by atoms with van der Waals surface area (Å²) in [5, 5.41) is 6.22. The second-order valence-corrected chi connectivity index (χ2v) is 5.38. The number of carbonyl (C=O) groups is 1. The van der Waals surface area contributed by atoms with Gasteiger partial charge in [-0.05, 0) is 24.3 Å². The molecule has 1 aliphatic heterocycles. The Kier molecular flexibility index (Phi) is 4.78. The number of benzene rings is 2. The van der Waals surface area contributed by atoms with Gasteiger partial charge in [0, 0.05) is 29.9 Å². The van der Waals surface area contributed by atoms with Crippen molar-refractivity contribution in [2.75, 3.05) is 25.6 Å². The Morgan fingerprint density at radius 1 is 1.30 bits per heavy atom. The summed E-state index contributed by atoms with van der Waals surface area (Å²) in [6.07, 6.45) is 0.274. The highest BCUT2D eigenvalue weighted by molar-refractivity contribution is 5.92. The predicted octanol–water partition coefficient (Wildman–Crippen LogP) is 2.36. The van der Waals surface area contributed by atoms with Gasteiger partial charge < -0.3 is 20.1 Å². The Morgan fingerprint density at radius 2 is 2.17 bits per heavy atom. The molecule has 3 rings (SSSR count). The van der Waals surface area contributed by atoms with Crippen molar-refractivity contribution in [1.82, 2.24) is 5.32 Å². The van der Waals surface area contributed by atoms with Gasteiger partial charge >= 0.3 is 0 Å². The minimum Gasteiger partial charge on any atom is -0.496 e. The Hall–Kier alpha value is -2.53. The maximum absolute atomic E-state index is 12.3. The number of ether oxygens (including phenoxy) is 2. The van der Waals surface area contributed by atoms with Crippen molar-refractivity contribution < 1.29 is 14.3 Å². The van der Waals surface area contributed by atoms with Crippen molar-refractivity contribution in [3.8, 4) is 11.5 Å². The number of carbonyl (C=O) groups excluding carboxylic acids is 1. The third kappa shape index (κ3) is 3.81. The van der Waals surface area contributed by atoms with Crippen LogP contribution >= 0.6 is 0 Å². The van der Waals surface area contributed by atoms with Crippen LogP contribution in [0, 0.1) is 0 Å². The van der Waals surface area contributed by atoms with E-state index in [1.54, 1.807) is 7.11 Å². The molecule has 23 heavy (non-hydrogen) atoms. The summed E-state index contributed by atoms with van der Waals surface area (Å²) in [4.78, 5) is 12.3. The SMILES string of the molecule is COc1ccccc1CC(=O)Nc1ccc2c(c1)CNCCO2. The molecule has 5 heteroatoms. The molecular formula is C18H20N2O3. The van der Waals surface area contributed by atoms with E-state index in [1.165, 1.54) is 0 Å². The van der Waals surface area contributed by atoms with Gasteiger partial charge in [0.2, 0.25) is 5.91 Å². The fraction of sp³-hybridized carbons (Fsp3) is 0.278. The quantitative estimate of drug-likeness (QED) is 0.910. The van der Waals surface area contributed by atoms with E-state index >= 15 is 0 Å². The van der Waals surface area contributed by atoms with Crippen LogP contribution in [0.3, 0.4) is 0 Å². The third-order valence-electron chi connectivity index (χ3n) is 3.74. The molecule has 0 atom stereocenters. The number of para-hydroxylation sites is 1. The molecule has 2 aromatic carbocycles. The van der Waals surface area contributed by atoms with Crippen molar-refractivity contribution in [3.05, 3.63) is 53.6 Å². The van der Waals surface area contributed by atoms with Crippen LogP contribution in [-0.2, 0) is 17.8 Å². The summed E-state index contributed by atoms with van der Waals surface area (Å²) < 4.78 is 10.9. The van der Waals surface area contributed by atoms with E-state index < -0.39 is 0 Å². The van der Waals surface area contributed by atoms with Crippen LogP contribution in [0.25, 0.3) is 0 Å². The number of amides is 1. The van der Waals surface area contributed by atoms with Gasteiger partial charge in [-0.15, -0.1) is 0 Å². The van der Waals surface area contributed by atoms with Crippen molar-refractivity contribution in [1.29, 1.82) is 0 Å². The zero-order chi connectivity index (χ0) is 16.1. The lowest BCUT2D eigenvalue weighted by molar-refractivity contribution is -0.115. The van der Waals surface area contributed by atoms with Crippen LogP contribution < -0.4 is 20.1 Å². The van der Waals surface area contributed by atoms with Crippen LogP contribution in [0.15, 0.2) is 42.5 Å². The summed E-state index contributed by atoms with van der Waals surface area (Å²) in [5.41, 5.74) is 2.70. The monoisotopic (exact) mass is 312 g/mol. The lowest BCUT2D eigenvalue weighted by Crippen LogP contribution is -2.16. The van der Waals surface area contributed by atoms with E-state index in [9.17, 15) is 4.79 Å². The molecule has 0 saturated carbocycles. The Balaban J connectivity index is 1.69. The first-order valence-corrected chi connectivity index (χ1v) is 7.64. The van der Waals surface area contributed by atoms with Crippen molar-refractivity contribution in [2.45, 2.75) is 13.0 Å². The zero-order valence-corrected chi connectivity index (χ0v) is 13.1. The van der Waals surface area contributed by atoms with Gasteiger partial charge in [-0.2, -0.15) is 0 Å². The van der Waals surface area contributed by atoms with Gasteiger partial charge in [0.05, 0.1) is 13.5 Å². The molecule has 2 N–H and O–H groups in total. The first-order chi connectivity index (χ1) is 11.3. The van der Waals surface area contributed by atoms with E-state index in [2.05, 4.69) is 10.6 Å². The third-order valence-corrected chi connectivity index (χ3v) is 3.74. The molecule has 2 aromatic rings. The average Bonchev–Trinajstić information content (AvgIpc) is 2.80. The summed E-state index contributed by atoms with van der Waals surface area (Å²) in [6.45, 7) is 2.22. The summed E-state index contributed by atoms with van der Waals surface area (Å²) in [5.74, 6) is 1.52. The smallest absolute Gasteiger partial charge is 0.228 e. The van der Waals surface area contributed by atoms with Gasteiger partial charge in [0.1, 0.15) is 18.1 Å². The van der Waals surface area contributed by atoms with Crippen molar-refractivity contribution >= 4 is 11.6 Å². The van der Waals surface area contributed by atoms with Gasteiger partial charge in [-0.1, -0.05) is 18.2 Å². The fourth-order valence-corrected chi connectivity index (χ4v) is 2.62. The molecule has 1 heterocycles. The minimum atomic E-state index is -0.0723. The molecule has 0 bridgehead atoms. The molecule has 0 fully saturated rings. The van der Waals surface area contributed by atoms with E-state index in [0.29, 0.717) is 6.61 Å². The van der Waals surface area contributed by atoms with Crippen LogP contribution in [0.2, 0.25) is 0 Å². The van der Waals surface area contributed by atoms with Gasteiger partial charge in [0.25, 0.3) is 0 Å². The van der Waals surface area contributed by atoms with Crippen LogP contribution in [0.5, 0.6) is 11.5 Å². The van der Waals surface area contributed by atoms with E-state index in [1.807, 2.05) is 42.5 Å². The first-order valence-electron chi connectivity index (χ1n) is 7.64. The predicted molar refractivity (Wildman–Crippen MR) is 89.0 cm³/mol. The number of methoxy groups -OCH3 is 1. The summed E-state index contributed by atoms with van der Waals surface area (Å²) in [6, 6.07) is 13.3. The number of rotatable bonds is 4. The number of hydrogen-bond donors (Lipinski definition) is 2. The van der Waals surface area contributed by atoms with E-state index in [4.69, 9.17) is 9.47 Å². The van der Waals surface area contributed by atoms with E-state index in [0.717, 1.165) is 41.4 Å². The molecule has 120 valence electrons. The normalized spacial score (nSPS) is 13.4. The molecule has 0 radical (unpaired) electrons. The Bertz CT molecular complexity index is 700.